The molecule has 1 N–H and O–H groups in total. The minimum Gasteiger partial charge on any atom is -0.489 e. The number of aromatic nitrogens is 1. The predicted molar refractivity (Wildman–Crippen MR) is 104 cm³/mol. The van der Waals surface area contributed by atoms with Gasteiger partial charge in [0.05, 0.1) is 23.9 Å². The molecule has 1 amide bonds. The molecule has 6 heteroatoms. The van der Waals surface area contributed by atoms with Crippen molar-refractivity contribution < 1.29 is 14.3 Å². The number of pyridine rings is 1. The Labute approximate surface area is 160 Å². The molecule has 0 bridgehead atoms. The topological polar surface area (TPSA) is 63.7 Å². The van der Waals surface area contributed by atoms with E-state index in [-0.39, 0.29) is 17.9 Å². The largest absolute Gasteiger partial charge is 0.489 e. The predicted octanol–water partition coefficient (Wildman–Crippen LogP) is 2.63. The number of carbonyl (C=O) groups excluding carboxylic acids is 1. The molecule has 0 unspecified atom stereocenters. The number of nitrogens with zero attached hydrogens (tertiary/aromatic N) is 2. The van der Waals surface area contributed by atoms with Gasteiger partial charge in [-0.1, -0.05) is 12.1 Å². The zero-order valence-corrected chi connectivity index (χ0v) is 16.1. The van der Waals surface area contributed by atoms with Gasteiger partial charge in [0.2, 0.25) is 5.91 Å². The van der Waals surface area contributed by atoms with Gasteiger partial charge in [0, 0.05) is 26.7 Å². The Hall–Kier alpha value is -2.60. The number of amides is 1. The molecule has 1 saturated heterocycles. The summed E-state index contributed by atoms with van der Waals surface area (Å²) in [6, 6.07) is 11.9. The first-order valence-electron chi connectivity index (χ1n) is 9.30. The van der Waals surface area contributed by atoms with Gasteiger partial charge >= 0.3 is 0 Å². The maximum absolute atomic E-state index is 11.5. The van der Waals surface area contributed by atoms with Crippen LogP contribution in [0.15, 0.2) is 42.6 Å². The highest BCUT2D eigenvalue weighted by Gasteiger charge is 2.31. The number of hydrogen-bond donors (Lipinski definition) is 1. The lowest BCUT2D eigenvalue weighted by atomic mass is 9.98. The van der Waals surface area contributed by atoms with Crippen LogP contribution < -0.4 is 14.8 Å². The summed E-state index contributed by atoms with van der Waals surface area (Å²) in [6.45, 7) is 6.89. The van der Waals surface area contributed by atoms with Gasteiger partial charge in [-0.2, -0.15) is 0 Å². The van der Waals surface area contributed by atoms with Crippen LogP contribution >= 0.6 is 0 Å². The lowest BCUT2D eigenvalue weighted by Crippen LogP contribution is -2.52. The summed E-state index contributed by atoms with van der Waals surface area (Å²) in [5.74, 6) is 1.84. The molecular weight excluding hydrogens is 342 g/mol. The second-order valence-electron chi connectivity index (χ2n) is 7.09. The molecule has 0 aliphatic carbocycles. The van der Waals surface area contributed by atoms with E-state index in [1.165, 1.54) is 5.56 Å². The van der Waals surface area contributed by atoms with Gasteiger partial charge in [0.25, 0.3) is 0 Å². The number of carbonyl (C=O) groups is 1. The summed E-state index contributed by atoms with van der Waals surface area (Å²) in [5.41, 5.74) is 2.07. The van der Waals surface area contributed by atoms with Crippen molar-refractivity contribution in [1.82, 2.24) is 15.2 Å². The van der Waals surface area contributed by atoms with E-state index in [2.05, 4.69) is 27.3 Å². The molecule has 144 valence electrons. The third-order valence-corrected chi connectivity index (χ3v) is 4.46. The van der Waals surface area contributed by atoms with Gasteiger partial charge in [-0.05, 0) is 43.7 Å². The molecule has 0 atom stereocenters. The van der Waals surface area contributed by atoms with Crippen molar-refractivity contribution in [1.29, 1.82) is 0 Å². The molecule has 2 aromatic rings. The summed E-state index contributed by atoms with van der Waals surface area (Å²) in [5, 5.41) is 2.70. The minimum absolute atomic E-state index is 0.127. The normalized spacial score (nSPS) is 14.7. The van der Waals surface area contributed by atoms with Gasteiger partial charge in [0.1, 0.15) is 18.1 Å². The Morgan fingerprint density at radius 2 is 1.89 bits per heavy atom. The van der Waals surface area contributed by atoms with Crippen molar-refractivity contribution in [3.05, 3.63) is 53.9 Å². The second kappa shape index (κ2) is 8.86. The minimum atomic E-state index is 0.127. The van der Waals surface area contributed by atoms with Crippen LogP contribution in [-0.4, -0.2) is 42.0 Å². The Morgan fingerprint density at radius 3 is 2.48 bits per heavy atom. The van der Waals surface area contributed by atoms with Crippen LogP contribution in [0.1, 0.15) is 25.1 Å². The van der Waals surface area contributed by atoms with Gasteiger partial charge < -0.3 is 14.8 Å². The van der Waals surface area contributed by atoms with Crippen molar-refractivity contribution in [2.24, 2.45) is 5.92 Å². The highest BCUT2D eigenvalue weighted by atomic mass is 16.5. The fraction of sp³-hybridized carbons (Fsp3) is 0.429. The molecule has 0 spiro atoms. The second-order valence-corrected chi connectivity index (χ2v) is 7.09. The third kappa shape index (κ3) is 5.44. The molecule has 1 fully saturated rings. The van der Waals surface area contributed by atoms with Gasteiger partial charge in [-0.15, -0.1) is 0 Å². The molecule has 27 heavy (non-hydrogen) atoms. The molecule has 1 aliphatic rings. The summed E-state index contributed by atoms with van der Waals surface area (Å²) < 4.78 is 11.4. The molecule has 0 saturated carbocycles. The van der Waals surface area contributed by atoms with Crippen LogP contribution in [-0.2, 0) is 17.9 Å². The standard InChI is InChI=1S/C21H27N3O3/c1-15(2)27-20-9-6-18(23-10-20)14-26-19-7-4-16(5-8-19)11-24-12-17(13-24)21(25)22-3/h4-10,15,17H,11-14H2,1-3H3,(H,22,25). The highest BCUT2D eigenvalue weighted by molar-refractivity contribution is 5.79. The van der Waals surface area contributed by atoms with Crippen molar-refractivity contribution >= 4 is 5.91 Å². The van der Waals surface area contributed by atoms with E-state index in [0.29, 0.717) is 6.61 Å². The molecule has 1 aromatic heterocycles. The average molecular weight is 369 g/mol. The van der Waals surface area contributed by atoms with Gasteiger partial charge in [-0.3, -0.25) is 14.7 Å². The van der Waals surface area contributed by atoms with Crippen LogP contribution in [0.5, 0.6) is 11.5 Å². The maximum atomic E-state index is 11.5. The smallest absolute Gasteiger partial charge is 0.225 e. The fourth-order valence-corrected chi connectivity index (χ4v) is 3.01. The van der Waals surface area contributed by atoms with Crippen LogP contribution in [0.3, 0.4) is 0 Å². The van der Waals surface area contributed by atoms with Gasteiger partial charge in [0.15, 0.2) is 0 Å². The van der Waals surface area contributed by atoms with Crippen molar-refractivity contribution in [2.75, 3.05) is 20.1 Å². The number of benzene rings is 1. The lowest BCUT2D eigenvalue weighted by molar-refractivity contribution is -0.129. The molecule has 6 nitrogen and oxygen atoms in total. The number of rotatable bonds is 8. The Kier molecular flexibility index (Phi) is 6.29. The van der Waals surface area contributed by atoms with Crippen LogP contribution in [0.4, 0.5) is 0 Å². The Balaban J connectivity index is 1.43. The van der Waals surface area contributed by atoms with E-state index in [0.717, 1.165) is 36.8 Å². The Bertz CT molecular complexity index is 738. The van der Waals surface area contributed by atoms with Crippen molar-refractivity contribution in [3.8, 4) is 11.5 Å². The van der Waals surface area contributed by atoms with Crippen molar-refractivity contribution in [3.63, 3.8) is 0 Å². The average Bonchev–Trinajstić information content (AvgIpc) is 2.63. The Morgan fingerprint density at radius 1 is 1.19 bits per heavy atom. The van der Waals surface area contributed by atoms with E-state index >= 15 is 0 Å². The number of likely N-dealkylation sites (tertiary alicyclic amines) is 1. The zero-order valence-electron chi connectivity index (χ0n) is 16.1. The van der Waals surface area contributed by atoms with E-state index in [9.17, 15) is 4.79 Å². The zero-order chi connectivity index (χ0) is 19.2. The molecule has 0 radical (unpaired) electrons. The molecule has 1 aromatic carbocycles. The quantitative estimate of drug-likeness (QED) is 0.775. The molecule has 3 rings (SSSR count). The summed E-state index contributed by atoms with van der Waals surface area (Å²) >= 11 is 0. The summed E-state index contributed by atoms with van der Waals surface area (Å²) in [4.78, 5) is 18.2. The highest BCUT2D eigenvalue weighted by Crippen LogP contribution is 2.21. The van der Waals surface area contributed by atoms with E-state index < -0.39 is 0 Å². The lowest BCUT2D eigenvalue weighted by Gasteiger charge is -2.38. The van der Waals surface area contributed by atoms with Crippen LogP contribution in [0, 0.1) is 5.92 Å². The number of ether oxygens (including phenoxy) is 2. The van der Waals surface area contributed by atoms with Crippen LogP contribution in [0.2, 0.25) is 0 Å². The molecule has 2 heterocycles. The third-order valence-electron chi connectivity index (χ3n) is 4.46. The fourth-order valence-electron chi connectivity index (χ4n) is 3.01. The van der Waals surface area contributed by atoms with E-state index in [1.54, 1.807) is 13.2 Å². The summed E-state index contributed by atoms with van der Waals surface area (Å²) in [7, 11) is 1.69. The SMILES string of the molecule is CNC(=O)C1CN(Cc2ccc(OCc3ccc(OC(C)C)cn3)cc2)C1. The van der Waals surface area contributed by atoms with E-state index in [4.69, 9.17) is 9.47 Å². The first-order chi connectivity index (χ1) is 13.0. The van der Waals surface area contributed by atoms with Crippen LogP contribution in [0.25, 0.3) is 0 Å². The molecular formula is C21H27N3O3. The summed E-state index contributed by atoms with van der Waals surface area (Å²) in [6.07, 6.45) is 1.86. The van der Waals surface area contributed by atoms with E-state index in [1.807, 2.05) is 38.1 Å². The van der Waals surface area contributed by atoms with Crippen molar-refractivity contribution in [2.45, 2.75) is 33.1 Å². The monoisotopic (exact) mass is 369 g/mol. The number of hydrogen-bond acceptors (Lipinski definition) is 5. The first kappa shape index (κ1) is 19.2. The first-order valence-corrected chi connectivity index (χ1v) is 9.30. The van der Waals surface area contributed by atoms with Gasteiger partial charge in [-0.25, -0.2) is 0 Å². The molecule has 1 aliphatic heterocycles. The maximum Gasteiger partial charge on any atom is 0.225 e. The number of nitrogens with one attached hydrogen (secondary N) is 1.